The fourth-order valence-electron chi connectivity index (χ4n) is 3.18. The summed E-state index contributed by atoms with van der Waals surface area (Å²) in [5.74, 6) is -1.20. The molecule has 4 rings (SSSR count). The summed E-state index contributed by atoms with van der Waals surface area (Å²) >= 11 is 0. The van der Waals surface area contributed by atoms with E-state index >= 15 is 0 Å². The molecule has 0 radical (unpaired) electrons. The van der Waals surface area contributed by atoms with Gasteiger partial charge in [0, 0.05) is 24.2 Å². The average Bonchev–Trinajstić information content (AvgIpc) is 2.52. The lowest BCUT2D eigenvalue weighted by Gasteiger charge is -2.11. The van der Waals surface area contributed by atoms with Crippen LogP contribution < -0.4 is 11.1 Å². The SMILES string of the molecule is O=c1cc(O)c2c(O)c3c(O)[nH]c(Cc4cc(O)cc(=O)o4)cc3cc2c1. The molecule has 0 unspecified atom stereocenters. The van der Waals surface area contributed by atoms with E-state index < -0.39 is 11.1 Å². The number of nitrogens with one attached hydrogen (secondary N) is 1. The highest BCUT2D eigenvalue weighted by Gasteiger charge is 2.16. The van der Waals surface area contributed by atoms with Crippen LogP contribution >= 0.6 is 0 Å². The van der Waals surface area contributed by atoms with E-state index in [0.717, 1.165) is 12.1 Å². The number of benzene rings is 2. The number of fused-ring (bicyclic) bond motifs is 2. The molecule has 0 saturated carbocycles. The van der Waals surface area contributed by atoms with Crippen molar-refractivity contribution in [2.75, 3.05) is 0 Å². The van der Waals surface area contributed by atoms with E-state index in [2.05, 4.69) is 4.98 Å². The van der Waals surface area contributed by atoms with Gasteiger partial charge in [-0.25, -0.2) is 4.79 Å². The predicted molar refractivity (Wildman–Crippen MR) is 96.5 cm³/mol. The lowest BCUT2D eigenvalue weighted by atomic mass is 10.0. The lowest BCUT2D eigenvalue weighted by Crippen LogP contribution is -2.01. The van der Waals surface area contributed by atoms with E-state index in [1.807, 2.05) is 0 Å². The second kappa shape index (κ2) is 5.80. The van der Waals surface area contributed by atoms with Gasteiger partial charge in [0.15, 0.2) is 11.3 Å². The van der Waals surface area contributed by atoms with Gasteiger partial charge in [0.2, 0.25) is 0 Å². The van der Waals surface area contributed by atoms with Gasteiger partial charge in [-0.15, -0.1) is 0 Å². The first kappa shape index (κ1) is 16.5. The van der Waals surface area contributed by atoms with Crippen molar-refractivity contribution in [1.82, 2.24) is 4.98 Å². The van der Waals surface area contributed by atoms with Gasteiger partial charge in [0.1, 0.15) is 23.0 Å². The van der Waals surface area contributed by atoms with Crippen molar-refractivity contribution in [2.24, 2.45) is 0 Å². The van der Waals surface area contributed by atoms with Crippen LogP contribution in [0.4, 0.5) is 0 Å². The standard InChI is InChI=1S/C19H13NO7/c21-11-3-9-1-8-2-10(4-13-5-12(22)7-15(24)27-13)20-19(26)17(8)18(25)16(9)14(23)6-11/h1-3,5-7,20,22-23,25-26H,4H2. The van der Waals surface area contributed by atoms with Crippen molar-refractivity contribution in [3.8, 4) is 23.1 Å². The number of aromatic nitrogens is 1. The Bertz CT molecular complexity index is 1330. The first-order valence-corrected chi connectivity index (χ1v) is 7.88. The summed E-state index contributed by atoms with van der Waals surface area (Å²) in [5, 5.41) is 41.1. The fourth-order valence-corrected chi connectivity index (χ4v) is 3.18. The van der Waals surface area contributed by atoms with Crippen LogP contribution in [0, 0.1) is 0 Å². The van der Waals surface area contributed by atoms with Crippen molar-refractivity contribution in [3.63, 3.8) is 0 Å². The Morgan fingerprint density at radius 3 is 2.33 bits per heavy atom. The molecular weight excluding hydrogens is 354 g/mol. The third-order valence-electron chi connectivity index (χ3n) is 4.21. The van der Waals surface area contributed by atoms with Gasteiger partial charge in [0.05, 0.1) is 16.8 Å². The summed E-state index contributed by atoms with van der Waals surface area (Å²) in [6.07, 6.45) is 0.0543. The number of H-pyrrole nitrogens is 1. The van der Waals surface area contributed by atoms with Crippen molar-refractivity contribution in [3.05, 3.63) is 68.5 Å². The molecule has 2 aromatic carbocycles. The van der Waals surface area contributed by atoms with Crippen LogP contribution in [0.2, 0.25) is 0 Å². The number of aromatic hydroxyl groups is 4. The molecule has 4 aromatic rings. The Hall–Kier alpha value is -3.94. The molecule has 0 spiro atoms. The molecule has 5 N–H and O–H groups in total. The van der Waals surface area contributed by atoms with Gasteiger partial charge in [-0.05, 0) is 29.0 Å². The molecule has 0 aliphatic rings. The molecule has 0 amide bonds. The molecule has 0 fully saturated rings. The van der Waals surface area contributed by atoms with E-state index in [1.54, 1.807) is 12.1 Å². The molecule has 0 aliphatic heterocycles. The van der Waals surface area contributed by atoms with Crippen molar-refractivity contribution in [2.45, 2.75) is 6.42 Å². The van der Waals surface area contributed by atoms with Gasteiger partial charge in [-0.3, -0.25) is 4.79 Å². The molecule has 0 bridgehead atoms. The largest absolute Gasteiger partial charge is 0.508 e. The normalized spacial score (nSPS) is 11.3. The molecule has 8 heteroatoms. The molecular formula is C19H13NO7. The minimum absolute atomic E-state index is 0.0533. The Kier molecular flexibility index (Phi) is 3.55. The van der Waals surface area contributed by atoms with E-state index in [9.17, 15) is 30.0 Å². The summed E-state index contributed by atoms with van der Waals surface area (Å²) < 4.78 is 5.00. The van der Waals surface area contributed by atoms with Crippen molar-refractivity contribution < 1.29 is 24.8 Å². The molecule has 27 heavy (non-hydrogen) atoms. The van der Waals surface area contributed by atoms with Gasteiger partial charge in [-0.1, -0.05) is 0 Å². The number of phenols is 2. The highest BCUT2D eigenvalue weighted by Crippen LogP contribution is 2.41. The van der Waals surface area contributed by atoms with Crippen LogP contribution in [0.25, 0.3) is 21.5 Å². The molecule has 8 nitrogen and oxygen atoms in total. The second-order valence-corrected chi connectivity index (χ2v) is 6.15. The number of phenolic OH excluding ortho intramolecular Hbond substituents is 2. The Morgan fingerprint density at radius 2 is 1.59 bits per heavy atom. The number of rotatable bonds is 2. The van der Waals surface area contributed by atoms with Crippen LogP contribution in [0.5, 0.6) is 23.1 Å². The summed E-state index contributed by atoms with van der Waals surface area (Å²) in [5.41, 5.74) is -0.709. The maximum Gasteiger partial charge on any atom is 0.339 e. The number of pyridine rings is 1. The third kappa shape index (κ3) is 2.82. The van der Waals surface area contributed by atoms with Crippen LogP contribution in [0.3, 0.4) is 0 Å². The smallest absolute Gasteiger partial charge is 0.339 e. The van der Waals surface area contributed by atoms with E-state index in [0.29, 0.717) is 16.5 Å². The minimum atomic E-state index is -0.711. The van der Waals surface area contributed by atoms with E-state index in [1.165, 1.54) is 12.1 Å². The highest BCUT2D eigenvalue weighted by atomic mass is 16.4. The monoisotopic (exact) mass is 367 g/mol. The van der Waals surface area contributed by atoms with Crippen LogP contribution in [-0.4, -0.2) is 25.4 Å². The average molecular weight is 367 g/mol. The summed E-state index contributed by atoms with van der Waals surface area (Å²) in [6, 6.07) is 7.58. The quantitative estimate of drug-likeness (QED) is 0.341. The second-order valence-electron chi connectivity index (χ2n) is 6.15. The summed E-state index contributed by atoms with van der Waals surface area (Å²) in [7, 11) is 0. The van der Waals surface area contributed by atoms with Crippen molar-refractivity contribution in [1.29, 1.82) is 0 Å². The van der Waals surface area contributed by atoms with Gasteiger partial charge in [0.25, 0.3) is 0 Å². The molecule has 0 aliphatic carbocycles. The third-order valence-corrected chi connectivity index (χ3v) is 4.21. The minimum Gasteiger partial charge on any atom is -0.508 e. The topological polar surface area (TPSA) is 144 Å². The van der Waals surface area contributed by atoms with Crippen molar-refractivity contribution >= 4 is 21.5 Å². The predicted octanol–water partition coefficient (Wildman–Crippen LogP) is 2.05. The zero-order chi connectivity index (χ0) is 19.3. The maximum absolute atomic E-state index is 11.6. The fraction of sp³-hybridized carbons (Fsp3) is 0.0526. The first-order valence-electron chi connectivity index (χ1n) is 7.88. The van der Waals surface area contributed by atoms with Gasteiger partial charge >= 0.3 is 5.63 Å². The van der Waals surface area contributed by atoms with Gasteiger partial charge in [-0.2, -0.15) is 0 Å². The van der Waals surface area contributed by atoms with E-state index in [-0.39, 0.29) is 46.1 Å². The maximum atomic E-state index is 11.6. The lowest BCUT2D eigenvalue weighted by molar-refractivity contribution is 0.426. The number of hydrogen-bond acceptors (Lipinski definition) is 7. The van der Waals surface area contributed by atoms with Gasteiger partial charge < -0.3 is 29.8 Å². The van der Waals surface area contributed by atoms with Crippen LogP contribution in [-0.2, 0) is 6.42 Å². The van der Waals surface area contributed by atoms with Crippen LogP contribution in [0.1, 0.15) is 11.5 Å². The Balaban J connectivity index is 1.94. The summed E-state index contributed by atoms with van der Waals surface area (Å²) in [6.45, 7) is 0. The molecule has 0 saturated heterocycles. The molecule has 2 aromatic heterocycles. The highest BCUT2D eigenvalue weighted by molar-refractivity contribution is 6.09. The molecule has 136 valence electrons. The zero-order valence-electron chi connectivity index (χ0n) is 13.7. The Labute approximate surface area is 150 Å². The zero-order valence-corrected chi connectivity index (χ0v) is 13.7. The molecule has 2 heterocycles. The first-order chi connectivity index (χ1) is 12.8. The van der Waals surface area contributed by atoms with E-state index in [4.69, 9.17) is 4.42 Å². The number of aromatic amines is 1. The summed E-state index contributed by atoms with van der Waals surface area (Å²) in [4.78, 5) is 25.7. The Morgan fingerprint density at radius 1 is 0.852 bits per heavy atom. The molecule has 0 atom stereocenters. The number of hydrogen-bond donors (Lipinski definition) is 5. The van der Waals surface area contributed by atoms with Crippen LogP contribution in [0.15, 0.2) is 50.4 Å².